The predicted molar refractivity (Wildman–Crippen MR) is 42.7 cm³/mol. The molecule has 1 saturated carbocycles. The molecule has 0 amide bonds. The van der Waals surface area contributed by atoms with Gasteiger partial charge in [0.25, 0.3) is 0 Å². The van der Waals surface area contributed by atoms with Gasteiger partial charge in [0, 0.05) is 0 Å². The standard InChI is InChI=1S/C9H18O/c1-6-4-7(2)9(10)8(3)5-6/h6-10H,4-5H2,1-3H3/t6?,7-,8+,9?. The molecule has 1 fully saturated rings. The van der Waals surface area contributed by atoms with Gasteiger partial charge >= 0.3 is 0 Å². The van der Waals surface area contributed by atoms with E-state index in [0.29, 0.717) is 11.8 Å². The molecule has 1 heteroatoms. The van der Waals surface area contributed by atoms with Gasteiger partial charge in [-0.25, -0.2) is 0 Å². The third-order valence-corrected chi connectivity index (χ3v) is 2.71. The molecule has 1 rings (SSSR count). The van der Waals surface area contributed by atoms with Crippen LogP contribution in [0.2, 0.25) is 0 Å². The van der Waals surface area contributed by atoms with E-state index in [1.54, 1.807) is 0 Å². The quantitative estimate of drug-likeness (QED) is 0.549. The first-order valence-corrected chi connectivity index (χ1v) is 4.29. The van der Waals surface area contributed by atoms with E-state index < -0.39 is 0 Å². The summed E-state index contributed by atoms with van der Waals surface area (Å²) in [6.45, 7) is 6.58. The van der Waals surface area contributed by atoms with Crippen molar-refractivity contribution in [2.45, 2.75) is 39.7 Å². The van der Waals surface area contributed by atoms with Gasteiger partial charge in [-0.05, 0) is 30.6 Å². The van der Waals surface area contributed by atoms with Crippen molar-refractivity contribution in [1.29, 1.82) is 0 Å². The van der Waals surface area contributed by atoms with E-state index in [1.165, 1.54) is 12.8 Å². The van der Waals surface area contributed by atoms with E-state index in [2.05, 4.69) is 20.8 Å². The fourth-order valence-corrected chi connectivity index (χ4v) is 2.21. The van der Waals surface area contributed by atoms with Crippen molar-refractivity contribution in [3.63, 3.8) is 0 Å². The Morgan fingerprint density at radius 2 is 1.40 bits per heavy atom. The molecule has 60 valence electrons. The molecule has 0 aliphatic heterocycles. The second kappa shape index (κ2) is 2.91. The summed E-state index contributed by atoms with van der Waals surface area (Å²) in [5.74, 6) is 1.84. The highest BCUT2D eigenvalue weighted by atomic mass is 16.3. The summed E-state index contributed by atoms with van der Waals surface area (Å²) in [6.07, 6.45) is 2.35. The van der Waals surface area contributed by atoms with Crippen LogP contribution in [-0.4, -0.2) is 11.2 Å². The minimum Gasteiger partial charge on any atom is -0.393 e. The Kier molecular flexibility index (Phi) is 2.35. The van der Waals surface area contributed by atoms with Crippen molar-refractivity contribution in [1.82, 2.24) is 0 Å². The van der Waals surface area contributed by atoms with Gasteiger partial charge in [0.05, 0.1) is 6.10 Å². The van der Waals surface area contributed by atoms with Crippen molar-refractivity contribution in [3.05, 3.63) is 0 Å². The van der Waals surface area contributed by atoms with Crippen molar-refractivity contribution in [2.24, 2.45) is 17.8 Å². The minimum atomic E-state index is -0.0452. The Hall–Kier alpha value is -0.0400. The zero-order valence-electron chi connectivity index (χ0n) is 7.17. The van der Waals surface area contributed by atoms with Crippen LogP contribution in [0.15, 0.2) is 0 Å². The molecule has 2 unspecified atom stereocenters. The highest BCUT2D eigenvalue weighted by molar-refractivity contribution is 4.79. The lowest BCUT2D eigenvalue weighted by Gasteiger charge is -2.34. The monoisotopic (exact) mass is 142 g/mol. The van der Waals surface area contributed by atoms with Crippen LogP contribution in [0.1, 0.15) is 33.6 Å². The molecule has 1 N–H and O–H groups in total. The summed E-state index contributed by atoms with van der Waals surface area (Å²) in [6, 6.07) is 0. The van der Waals surface area contributed by atoms with Gasteiger partial charge in [-0.3, -0.25) is 0 Å². The Bertz CT molecular complexity index is 99.3. The summed E-state index contributed by atoms with van der Waals surface area (Å²) < 4.78 is 0. The van der Waals surface area contributed by atoms with E-state index in [0.717, 1.165) is 5.92 Å². The lowest BCUT2D eigenvalue weighted by molar-refractivity contribution is 0.0150. The van der Waals surface area contributed by atoms with Crippen LogP contribution in [0, 0.1) is 17.8 Å². The average Bonchev–Trinajstić information content (AvgIpc) is 1.82. The third-order valence-electron chi connectivity index (χ3n) is 2.71. The Labute approximate surface area is 63.4 Å². The molecular formula is C9H18O. The molecule has 1 aliphatic rings. The number of aliphatic hydroxyl groups excluding tert-OH is 1. The van der Waals surface area contributed by atoms with Gasteiger partial charge in [0.1, 0.15) is 0 Å². The smallest absolute Gasteiger partial charge is 0.0591 e. The fourth-order valence-electron chi connectivity index (χ4n) is 2.21. The van der Waals surface area contributed by atoms with Crippen molar-refractivity contribution in [3.8, 4) is 0 Å². The SMILES string of the molecule is CC1C[C@@H](C)C(O)[C@@H](C)C1. The van der Waals surface area contributed by atoms with Crippen LogP contribution in [-0.2, 0) is 0 Å². The Morgan fingerprint density at radius 3 is 1.80 bits per heavy atom. The molecule has 0 aromatic heterocycles. The van der Waals surface area contributed by atoms with Crippen LogP contribution >= 0.6 is 0 Å². The number of rotatable bonds is 0. The van der Waals surface area contributed by atoms with Crippen molar-refractivity contribution < 1.29 is 5.11 Å². The van der Waals surface area contributed by atoms with Gasteiger partial charge in [-0.15, -0.1) is 0 Å². The van der Waals surface area contributed by atoms with E-state index in [1.807, 2.05) is 0 Å². The molecule has 10 heavy (non-hydrogen) atoms. The minimum absolute atomic E-state index is 0.0452. The number of hydrogen-bond acceptors (Lipinski definition) is 1. The molecule has 0 aromatic carbocycles. The first-order valence-electron chi connectivity index (χ1n) is 4.29. The maximum absolute atomic E-state index is 9.56. The largest absolute Gasteiger partial charge is 0.393 e. The van der Waals surface area contributed by atoms with Crippen LogP contribution in [0.3, 0.4) is 0 Å². The molecule has 1 aliphatic carbocycles. The first kappa shape index (κ1) is 8.06. The van der Waals surface area contributed by atoms with Gasteiger partial charge in [-0.2, -0.15) is 0 Å². The molecule has 0 aromatic rings. The van der Waals surface area contributed by atoms with E-state index in [4.69, 9.17) is 0 Å². The summed E-state index contributed by atoms with van der Waals surface area (Å²) in [5.41, 5.74) is 0. The zero-order chi connectivity index (χ0) is 7.72. The Balaban J connectivity index is 2.49. The van der Waals surface area contributed by atoms with Gasteiger partial charge in [0.2, 0.25) is 0 Å². The molecular weight excluding hydrogens is 124 g/mol. The maximum atomic E-state index is 9.56. The van der Waals surface area contributed by atoms with Gasteiger partial charge in [0.15, 0.2) is 0 Å². The summed E-state index contributed by atoms with van der Waals surface area (Å²) in [5, 5.41) is 9.56. The van der Waals surface area contributed by atoms with Gasteiger partial charge < -0.3 is 5.11 Å². The molecule has 4 atom stereocenters. The highest BCUT2D eigenvalue weighted by Crippen LogP contribution is 2.32. The highest BCUT2D eigenvalue weighted by Gasteiger charge is 2.29. The van der Waals surface area contributed by atoms with Crippen molar-refractivity contribution >= 4 is 0 Å². The van der Waals surface area contributed by atoms with Crippen LogP contribution < -0.4 is 0 Å². The van der Waals surface area contributed by atoms with E-state index in [-0.39, 0.29) is 6.10 Å². The fraction of sp³-hybridized carbons (Fsp3) is 1.00. The average molecular weight is 142 g/mol. The van der Waals surface area contributed by atoms with Crippen LogP contribution in [0.4, 0.5) is 0 Å². The molecule has 0 saturated heterocycles. The van der Waals surface area contributed by atoms with Crippen LogP contribution in [0.25, 0.3) is 0 Å². The first-order chi connectivity index (χ1) is 4.61. The second-order valence-electron chi connectivity index (χ2n) is 4.02. The van der Waals surface area contributed by atoms with Crippen molar-refractivity contribution in [2.75, 3.05) is 0 Å². The lowest BCUT2D eigenvalue weighted by atomic mass is 9.75. The maximum Gasteiger partial charge on any atom is 0.0591 e. The van der Waals surface area contributed by atoms with Crippen LogP contribution in [0.5, 0.6) is 0 Å². The predicted octanol–water partition coefficient (Wildman–Crippen LogP) is 2.05. The normalized spacial score (nSPS) is 49.2. The van der Waals surface area contributed by atoms with Gasteiger partial charge in [-0.1, -0.05) is 20.8 Å². The zero-order valence-corrected chi connectivity index (χ0v) is 7.17. The molecule has 0 heterocycles. The second-order valence-corrected chi connectivity index (χ2v) is 4.02. The van der Waals surface area contributed by atoms with E-state index >= 15 is 0 Å². The summed E-state index contributed by atoms with van der Waals surface area (Å²) in [7, 11) is 0. The Morgan fingerprint density at radius 1 is 1.00 bits per heavy atom. The lowest BCUT2D eigenvalue weighted by Crippen LogP contribution is -2.33. The summed E-state index contributed by atoms with van der Waals surface area (Å²) in [4.78, 5) is 0. The molecule has 1 nitrogen and oxygen atoms in total. The molecule has 0 spiro atoms. The molecule has 0 bridgehead atoms. The third kappa shape index (κ3) is 1.51. The summed E-state index contributed by atoms with van der Waals surface area (Å²) >= 11 is 0. The van der Waals surface area contributed by atoms with E-state index in [9.17, 15) is 5.11 Å². The number of hydrogen-bond donors (Lipinski definition) is 1. The number of aliphatic hydroxyl groups is 1. The molecule has 0 radical (unpaired) electrons. The topological polar surface area (TPSA) is 20.2 Å².